The van der Waals surface area contributed by atoms with Crippen LogP contribution in [0.2, 0.25) is 0 Å². The Kier molecular flexibility index (Phi) is 6.63. The molecule has 0 saturated carbocycles. The fourth-order valence-corrected chi connectivity index (χ4v) is 1.97. The minimum absolute atomic E-state index is 0.126. The molecule has 0 spiro atoms. The minimum Gasteiger partial charge on any atom is -0.497 e. The first kappa shape index (κ1) is 17.8. The van der Waals surface area contributed by atoms with Gasteiger partial charge in [0.05, 0.1) is 12.7 Å². The van der Waals surface area contributed by atoms with Gasteiger partial charge < -0.3 is 14.4 Å². The van der Waals surface area contributed by atoms with Gasteiger partial charge in [0.2, 0.25) is 0 Å². The highest BCUT2D eigenvalue weighted by Crippen LogP contribution is 2.25. The van der Waals surface area contributed by atoms with Crippen LogP contribution in [0.1, 0.15) is 31.1 Å². The molecule has 0 aliphatic heterocycles. The molecule has 22 heavy (non-hydrogen) atoms. The van der Waals surface area contributed by atoms with Crippen molar-refractivity contribution in [2.75, 3.05) is 26.8 Å². The topological polar surface area (TPSA) is 55.8 Å². The van der Waals surface area contributed by atoms with Gasteiger partial charge in [-0.1, -0.05) is 12.2 Å². The molecule has 0 aliphatic carbocycles. The number of benzene rings is 1. The zero-order chi connectivity index (χ0) is 16.7. The van der Waals surface area contributed by atoms with E-state index < -0.39 is 0 Å². The predicted molar refractivity (Wildman–Crippen MR) is 85.6 cm³/mol. The van der Waals surface area contributed by atoms with Crippen molar-refractivity contribution >= 4 is 11.7 Å². The Hall–Kier alpha value is -2.30. The van der Waals surface area contributed by atoms with E-state index in [1.165, 1.54) is 14.0 Å². The first-order valence-electron chi connectivity index (χ1n) is 7.13. The average molecular weight is 305 g/mol. The summed E-state index contributed by atoms with van der Waals surface area (Å²) in [5.74, 6) is 0.649. The quantitative estimate of drug-likeness (QED) is 0.547. The van der Waals surface area contributed by atoms with Crippen molar-refractivity contribution in [2.45, 2.75) is 20.8 Å². The van der Waals surface area contributed by atoms with Gasteiger partial charge in [-0.15, -0.1) is 0 Å². The summed E-state index contributed by atoms with van der Waals surface area (Å²) >= 11 is 0. The van der Waals surface area contributed by atoms with Gasteiger partial charge in [-0.05, 0) is 32.9 Å². The van der Waals surface area contributed by atoms with Crippen molar-refractivity contribution in [3.05, 3.63) is 35.9 Å². The van der Waals surface area contributed by atoms with Crippen LogP contribution in [0.5, 0.6) is 11.5 Å². The van der Waals surface area contributed by atoms with Gasteiger partial charge in [0, 0.05) is 19.2 Å². The number of ketones is 1. The molecule has 0 atom stereocenters. The van der Waals surface area contributed by atoms with E-state index in [1.54, 1.807) is 23.1 Å². The van der Waals surface area contributed by atoms with Crippen LogP contribution in [0, 0.1) is 0 Å². The Labute approximate surface area is 131 Å². The number of ether oxygens (including phenoxy) is 2. The zero-order valence-corrected chi connectivity index (χ0v) is 13.6. The number of amides is 1. The highest BCUT2D eigenvalue weighted by atomic mass is 16.5. The van der Waals surface area contributed by atoms with Crippen molar-refractivity contribution in [1.29, 1.82) is 0 Å². The van der Waals surface area contributed by atoms with Crippen LogP contribution >= 0.6 is 0 Å². The molecule has 1 amide bonds. The van der Waals surface area contributed by atoms with Crippen molar-refractivity contribution in [1.82, 2.24) is 4.90 Å². The Bertz CT molecular complexity index is 566. The van der Waals surface area contributed by atoms with Crippen molar-refractivity contribution < 1.29 is 19.1 Å². The molecule has 1 aromatic carbocycles. The Balaban J connectivity index is 2.83. The van der Waals surface area contributed by atoms with Crippen molar-refractivity contribution in [2.24, 2.45) is 0 Å². The monoisotopic (exact) mass is 305 g/mol. The van der Waals surface area contributed by atoms with Gasteiger partial charge in [0.25, 0.3) is 5.91 Å². The number of hydrogen-bond acceptors (Lipinski definition) is 4. The normalized spacial score (nSPS) is 10.0. The van der Waals surface area contributed by atoms with E-state index >= 15 is 0 Å². The second kappa shape index (κ2) is 8.22. The number of hydrogen-bond donors (Lipinski definition) is 0. The lowest BCUT2D eigenvalue weighted by Gasteiger charge is -2.21. The maximum atomic E-state index is 12.2. The SMILES string of the molecule is C=C(C)CN(CC)C(=O)COc1cc(OC)ccc1C(C)=O. The van der Waals surface area contributed by atoms with E-state index in [2.05, 4.69) is 6.58 Å². The molecule has 0 aromatic heterocycles. The Morgan fingerprint density at radius 1 is 1.27 bits per heavy atom. The van der Waals surface area contributed by atoms with Crippen molar-refractivity contribution in [3.8, 4) is 11.5 Å². The molecule has 5 heteroatoms. The van der Waals surface area contributed by atoms with Crippen LogP contribution in [0.3, 0.4) is 0 Å². The number of carbonyl (C=O) groups is 2. The Morgan fingerprint density at radius 2 is 1.95 bits per heavy atom. The van der Waals surface area contributed by atoms with Crippen LogP contribution in [0.4, 0.5) is 0 Å². The fraction of sp³-hybridized carbons (Fsp3) is 0.412. The third-order valence-corrected chi connectivity index (χ3v) is 3.11. The predicted octanol–water partition coefficient (Wildman–Crippen LogP) is 2.70. The number of rotatable bonds is 8. The summed E-state index contributed by atoms with van der Waals surface area (Å²) in [4.78, 5) is 25.4. The van der Waals surface area contributed by atoms with Crippen molar-refractivity contribution in [3.63, 3.8) is 0 Å². The summed E-state index contributed by atoms with van der Waals surface area (Å²) in [6.45, 7) is 9.97. The van der Waals surface area contributed by atoms with E-state index in [1.807, 2.05) is 13.8 Å². The average Bonchev–Trinajstić information content (AvgIpc) is 2.49. The molecule has 0 N–H and O–H groups in total. The van der Waals surface area contributed by atoms with Crippen LogP contribution in [0.15, 0.2) is 30.4 Å². The van der Waals surface area contributed by atoms with Gasteiger partial charge >= 0.3 is 0 Å². The lowest BCUT2D eigenvalue weighted by molar-refractivity contribution is -0.132. The summed E-state index contributed by atoms with van der Waals surface area (Å²) < 4.78 is 10.7. The second-order valence-corrected chi connectivity index (χ2v) is 5.07. The Morgan fingerprint density at radius 3 is 2.45 bits per heavy atom. The van der Waals surface area contributed by atoms with Gasteiger partial charge in [0.15, 0.2) is 12.4 Å². The maximum Gasteiger partial charge on any atom is 0.260 e. The molecule has 0 saturated heterocycles. The number of carbonyl (C=O) groups excluding carboxylic acids is 2. The number of Topliss-reactive ketones (excluding diaryl/α,β-unsaturated/α-hetero) is 1. The maximum absolute atomic E-state index is 12.2. The summed E-state index contributed by atoms with van der Waals surface area (Å²) in [6.07, 6.45) is 0. The van der Waals surface area contributed by atoms with Crippen LogP contribution in [0.25, 0.3) is 0 Å². The molecule has 0 radical (unpaired) electrons. The molecule has 0 fully saturated rings. The third kappa shape index (κ3) is 4.91. The molecule has 120 valence electrons. The van der Waals surface area contributed by atoms with Gasteiger partial charge in [-0.2, -0.15) is 0 Å². The fourth-order valence-electron chi connectivity index (χ4n) is 1.97. The number of methoxy groups -OCH3 is 1. The first-order chi connectivity index (χ1) is 10.4. The summed E-state index contributed by atoms with van der Waals surface area (Å²) in [6, 6.07) is 4.93. The molecular formula is C17H23NO4. The molecule has 0 bridgehead atoms. The van der Waals surface area contributed by atoms with Crippen LogP contribution < -0.4 is 9.47 Å². The third-order valence-electron chi connectivity index (χ3n) is 3.11. The standard InChI is InChI=1S/C17H23NO4/c1-6-18(10-12(2)3)17(20)11-22-16-9-14(21-5)7-8-15(16)13(4)19/h7-9H,2,6,10-11H2,1,3-5H3. The molecule has 0 heterocycles. The van der Waals surface area contributed by atoms with E-state index in [9.17, 15) is 9.59 Å². The zero-order valence-electron chi connectivity index (χ0n) is 13.6. The van der Waals surface area contributed by atoms with Gasteiger partial charge in [-0.3, -0.25) is 9.59 Å². The van der Waals surface area contributed by atoms with E-state index in [0.717, 1.165) is 5.57 Å². The second-order valence-electron chi connectivity index (χ2n) is 5.07. The smallest absolute Gasteiger partial charge is 0.260 e. The molecule has 1 aromatic rings. The summed E-state index contributed by atoms with van der Waals surface area (Å²) in [7, 11) is 1.53. The largest absolute Gasteiger partial charge is 0.497 e. The first-order valence-corrected chi connectivity index (χ1v) is 7.13. The molecule has 1 rings (SSSR count). The molecule has 0 unspecified atom stereocenters. The van der Waals surface area contributed by atoms with E-state index in [0.29, 0.717) is 30.2 Å². The summed E-state index contributed by atoms with van der Waals surface area (Å²) in [5, 5.41) is 0. The highest BCUT2D eigenvalue weighted by molar-refractivity contribution is 5.97. The van der Waals surface area contributed by atoms with Crippen LogP contribution in [-0.2, 0) is 4.79 Å². The lowest BCUT2D eigenvalue weighted by atomic mass is 10.1. The molecule has 0 aliphatic rings. The molecule has 5 nitrogen and oxygen atoms in total. The van der Waals surface area contributed by atoms with Gasteiger partial charge in [-0.25, -0.2) is 0 Å². The van der Waals surface area contributed by atoms with Gasteiger partial charge in [0.1, 0.15) is 11.5 Å². The minimum atomic E-state index is -0.150. The number of likely N-dealkylation sites (N-methyl/N-ethyl adjacent to an activating group) is 1. The lowest BCUT2D eigenvalue weighted by Crippen LogP contribution is -2.36. The van der Waals surface area contributed by atoms with E-state index in [4.69, 9.17) is 9.47 Å². The van der Waals surface area contributed by atoms with E-state index in [-0.39, 0.29) is 18.3 Å². The molecular weight excluding hydrogens is 282 g/mol. The highest BCUT2D eigenvalue weighted by Gasteiger charge is 2.15. The summed E-state index contributed by atoms with van der Waals surface area (Å²) in [5.41, 5.74) is 1.33. The number of nitrogens with zero attached hydrogens (tertiary/aromatic N) is 1. The van der Waals surface area contributed by atoms with Crippen LogP contribution in [-0.4, -0.2) is 43.4 Å².